The second-order valence-corrected chi connectivity index (χ2v) is 9.66. The summed E-state index contributed by atoms with van der Waals surface area (Å²) in [5.41, 5.74) is -0.994. The van der Waals surface area contributed by atoms with Crippen molar-refractivity contribution in [1.82, 2.24) is 14.7 Å². The van der Waals surface area contributed by atoms with Gasteiger partial charge >= 0.3 is 0 Å². The highest BCUT2D eigenvalue weighted by molar-refractivity contribution is 5.99. The van der Waals surface area contributed by atoms with Crippen LogP contribution < -0.4 is 0 Å². The van der Waals surface area contributed by atoms with Gasteiger partial charge in [-0.3, -0.25) is 14.4 Å². The van der Waals surface area contributed by atoms with E-state index in [4.69, 9.17) is 4.74 Å². The van der Waals surface area contributed by atoms with Crippen molar-refractivity contribution < 1.29 is 24.2 Å². The number of ether oxygens (including phenoxy) is 1. The standard InChI is InChI=1S/C26H41N3O5/c1-5-9-16-28(15-8-4)25(33)22-26-12-11-19(34-26)20(23(31)27(13-6-2)14-7-3)21(26)24(32)29(22)17-10-18-30/h6,8,19-22,30H,2,4-5,7,9-18H2,1,3H3/t19-,20+,21-,22?,26?/m0/s1. The summed E-state index contributed by atoms with van der Waals surface area (Å²) in [6.45, 7) is 13.8. The van der Waals surface area contributed by atoms with Crippen LogP contribution in [0.25, 0.3) is 0 Å². The Kier molecular flexibility index (Phi) is 8.93. The number of unbranched alkanes of at least 4 members (excludes halogenated alkanes) is 1. The van der Waals surface area contributed by atoms with Gasteiger partial charge in [-0.25, -0.2) is 0 Å². The van der Waals surface area contributed by atoms with Crippen molar-refractivity contribution in [2.45, 2.75) is 70.1 Å². The van der Waals surface area contributed by atoms with E-state index in [9.17, 15) is 19.5 Å². The molecule has 190 valence electrons. The summed E-state index contributed by atoms with van der Waals surface area (Å²) in [6, 6.07) is -0.782. The summed E-state index contributed by atoms with van der Waals surface area (Å²) < 4.78 is 6.50. The molecule has 2 unspecified atom stereocenters. The molecule has 0 aliphatic carbocycles. The van der Waals surface area contributed by atoms with Crippen molar-refractivity contribution in [2.24, 2.45) is 11.8 Å². The quantitative estimate of drug-likeness (QED) is 0.388. The summed E-state index contributed by atoms with van der Waals surface area (Å²) >= 11 is 0. The van der Waals surface area contributed by atoms with E-state index in [1.165, 1.54) is 0 Å². The fourth-order valence-corrected chi connectivity index (χ4v) is 6.09. The van der Waals surface area contributed by atoms with E-state index < -0.39 is 23.5 Å². The largest absolute Gasteiger partial charge is 0.396 e. The minimum atomic E-state index is -0.994. The van der Waals surface area contributed by atoms with Gasteiger partial charge in [-0.2, -0.15) is 0 Å². The molecule has 1 N–H and O–H groups in total. The molecular weight excluding hydrogens is 434 g/mol. The predicted octanol–water partition coefficient (Wildman–Crippen LogP) is 1.98. The topological polar surface area (TPSA) is 90.4 Å². The average molecular weight is 476 g/mol. The van der Waals surface area contributed by atoms with Gasteiger partial charge in [0.2, 0.25) is 17.7 Å². The Labute approximate surface area is 203 Å². The van der Waals surface area contributed by atoms with Crippen LogP contribution in [0.1, 0.15) is 52.4 Å². The molecular formula is C26H41N3O5. The van der Waals surface area contributed by atoms with E-state index in [1.807, 2.05) is 6.92 Å². The number of hydrogen-bond donors (Lipinski definition) is 1. The van der Waals surface area contributed by atoms with Crippen LogP contribution in [0.4, 0.5) is 0 Å². The van der Waals surface area contributed by atoms with E-state index in [0.29, 0.717) is 45.4 Å². The number of nitrogens with zero attached hydrogens (tertiary/aromatic N) is 3. The zero-order valence-electron chi connectivity index (χ0n) is 20.8. The number of rotatable bonds is 14. The normalized spacial score (nSPS) is 29.3. The van der Waals surface area contributed by atoms with Crippen LogP contribution in [0.15, 0.2) is 25.3 Å². The monoisotopic (exact) mass is 475 g/mol. The van der Waals surface area contributed by atoms with Crippen molar-refractivity contribution >= 4 is 17.7 Å². The molecule has 3 amide bonds. The number of carbonyl (C=O) groups is 3. The lowest BCUT2D eigenvalue weighted by Gasteiger charge is -2.37. The smallest absolute Gasteiger partial charge is 0.248 e. The molecule has 0 aromatic carbocycles. The van der Waals surface area contributed by atoms with Crippen molar-refractivity contribution in [3.8, 4) is 0 Å². The summed E-state index contributed by atoms with van der Waals surface area (Å²) in [6.07, 6.45) is 7.25. The zero-order valence-corrected chi connectivity index (χ0v) is 20.8. The van der Waals surface area contributed by atoms with Crippen LogP contribution >= 0.6 is 0 Å². The third-order valence-corrected chi connectivity index (χ3v) is 7.47. The first-order valence-electron chi connectivity index (χ1n) is 12.8. The molecule has 1 spiro atoms. The first-order chi connectivity index (χ1) is 16.4. The van der Waals surface area contributed by atoms with E-state index in [-0.39, 0.29) is 37.0 Å². The lowest BCUT2D eigenvalue weighted by atomic mass is 9.70. The lowest BCUT2D eigenvalue weighted by Crippen LogP contribution is -2.56. The van der Waals surface area contributed by atoms with Crippen LogP contribution in [0.5, 0.6) is 0 Å². The van der Waals surface area contributed by atoms with Gasteiger partial charge in [0.1, 0.15) is 11.6 Å². The summed E-state index contributed by atoms with van der Waals surface area (Å²) in [7, 11) is 0. The van der Waals surface area contributed by atoms with Crippen LogP contribution in [0, 0.1) is 11.8 Å². The number of hydrogen-bond acceptors (Lipinski definition) is 5. The summed E-state index contributed by atoms with van der Waals surface area (Å²) in [5.74, 6) is -1.70. The molecule has 3 saturated heterocycles. The number of likely N-dealkylation sites (tertiary alicyclic amines) is 1. The number of aliphatic hydroxyl groups is 1. The van der Waals surface area contributed by atoms with Crippen molar-refractivity contribution in [1.29, 1.82) is 0 Å². The molecule has 0 saturated carbocycles. The molecule has 3 heterocycles. The van der Waals surface area contributed by atoms with Crippen molar-refractivity contribution in [3.05, 3.63) is 25.3 Å². The SMILES string of the molecule is C=CCN(CCCC)C(=O)C1N(CCCO)C(=O)[C@@H]2[C@H](C(=O)N(CC=C)CCC)[C@@H]3CCC12O3. The number of amides is 3. The minimum Gasteiger partial charge on any atom is -0.396 e. The maximum Gasteiger partial charge on any atom is 0.248 e. The van der Waals surface area contributed by atoms with Gasteiger partial charge in [-0.1, -0.05) is 32.4 Å². The maximum absolute atomic E-state index is 13.9. The first kappa shape index (κ1) is 26.4. The molecule has 0 aromatic rings. The molecule has 0 aromatic heterocycles. The van der Waals surface area contributed by atoms with Crippen LogP contribution in [0.3, 0.4) is 0 Å². The van der Waals surface area contributed by atoms with Crippen molar-refractivity contribution in [2.75, 3.05) is 39.3 Å². The molecule has 3 aliphatic heterocycles. The Balaban J connectivity index is 1.99. The second-order valence-electron chi connectivity index (χ2n) is 9.66. The van der Waals surface area contributed by atoms with Gasteiger partial charge in [-0.05, 0) is 32.1 Å². The van der Waals surface area contributed by atoms with Gasteiger partial charge < -0.3 is 24.5 Å². The van der Waals surface area contributed by atoms with E-state index in [1.54, 1.807) is 26.9 Å². The third-order valence-electron chi connectivity index (χ3n) is 7.47. The average Bonchev–Trinajstić information content (AvgIpc) is 3.46. The zero-order chi connectivity index (χ0) is 24.9. The molecule has 3 rings (SSSR count). The highest BCUT2D eigenvalue weighted by Gasteiger charge is 2.74. The number of carbonyl (C=O) groups excluding carboxylic acids is 3. The van der Waals surface area contributed by atoms with Gasteiger partial charge in [-0.15, -0.1) is 13.2 Å². The van der Waals surface area contributed by atoms with Crippen LogP contribution in [0.2, 0.25) is 0 Å². The molecule has 8 nitrogen and oxygen atoms in total. The highest BCUT2D eigenvalue weighted by Crippen LogP contribution is 2.59. The highest BCUT2D eigenvalue weighted by atomic mass is 16.5. The predicted molar refractivity (Wildman–Crippen MR) is 130 cm³/mol. The molecule has 34 heavy (non-hydrogen) atoms. The minimum absolute atomic E-state index is 0.0793. The lowest BCUT2D eigenvalue weighted by molar-refractivity contribution is -0.148. The molecule has 5 atom stereocenters. The van der Waals surface area contributed by atoms with E-state index in [0.717, 1.165) is 19.3 Å². The molecule has 3 aliphatic rings. The van der Waals surface area contributed by atoms with Gasteiger partial charge in [0.25, 0.3) is 0 Å². The van der Waals surface area contributed by atoms with E-state index >= 15 is 0 Å². The Morgan fingerprint density at radius 1 is 1.12 bits per heavy atom. The Hall–Kier alpha value is -2.19. The van der Waals surface area contributed by atoms with Gasteiger partial charge in [0.15, 0.2) is 0 Å². The third kappa shape index (κ3) is 4.54. The van der Waals surface area contributed by atoms with Gasteiger partial charge in [0, 0.05) is 39.3 Å². The Bertz CT molecular complexity index is 786. The number of fused-ring (bicyclic) bond motifs is 1. The van der Waals surface area contributed by atoms with Crippen LogP contribution in [-0.2, 0) is 19.1 Å². The van der Waals surface area contributed by atoms with Crippen molar-refractivity contribution in [3.63, 3.8) is 0 Å². The molecule has 2 bridgehead atoms. The summed E-state index contributed by atoms with van der Waals surface area (Å²) in [4.78, 5) is 46.5. The van der Waals surface area contributed by atoms with Gasteiger partial charge in [0.05, 0.1) is 17.9 Å². The fourth-order valence-electron chi connectivity index (χ4n) is 6.09. The second kappa shape index (κ2) is 11.5. The first-order valence-corrected chi connectivity index (χ1v) is 12.8. The Morgan fingerprint density at radius 3 is 2.38 bits per heavy atom. The fraction of sp³-hybridized carbons (Fsp3) is 0.731. The molecule has 3 fully saturated rings. The maximum atomic E-state index is 13.9. The number of aliphatic hydroxyl groups excluding tert-OH is 1. The molecule has 8 heteroatoms. The molecule has 0 radical (unpaired) electrons. The van der Waals surface area contributed by atoms with Crippen LogP contribution in [-0.4, -0.2) is 94.6 Å². The summed E-state index contributed by atoms with van der Waals surface area (Å²) in [5, 5.41) is 9.46. The van der Waals surface area contributed by atoms with E-state index in [2.05, 4.69) is 20.1 Å². The Morgan fingerprint density at radius 2 is 1.79 bits per heavy atom.